The van der Waals surface area contributed by atoms with E-state index >= 15 is 0 Å². The molecule has 5 heteroatoms. The SMILES string of the molecule is O=C(O)C1C(=O)CC(O)(c2ccccc2)C1(O)c1ccccc1. The summed E-state index contributed by atoms with van der Waals surface area (Å²) >= 11 is 0. The second kappa shape index (κ2) is 5.30. The van der Waals surface area contributed by atoms with Crippen molar-refractivity contribution in [2.75, 3.05) is 0 Å². The van der Waals surface area contributed by atoms with Gasteiger partial charge in [-0.2, -0.15) is 0 Å². The number of carboxylic acid groups (broad SMARTS) is 1. The van der Waals surface area contributed by atoms with E-state index in [2.05, 4.69) is 0 Å². The summed E-state index contributed by atoms with van der Waals surface area (Å²) in [7, 11) is 0. The number of aliphatic carboxylic acids is 1. The second-order valence-corrected chi connectivity index (χ2v) is 5.77. The van der Waals surface area contributed by atoms with Crippen LogP contribution < -0.4 is 0 Å². The van der Waals surface area contributed by atoms with Gasteiger partial charge >= 0.3 is 5.97 Å². The quantitative estimate of drug-likeness (QED) is 0.745. The van der Waals surface area contributed by atoms with Crippen molar-refractivity contribution < 1.29 is 24.9 Å². The Labute approximate surface area is 132 Å². The molecular weight excluding hydrogens is 296 g/mol. The third-order valence-electron chi connectivity index (χ3n) is 4.51. The largest absolute Gasteiger partial charge is 0.481 e. The Morgan fingerprint density at radius 2 is 1.39 bits per heavy atom. The molecule has 0 spiro atoms. The summed E-state index contributed by atoms with van der Waals surface area (Å²) in [5.41, 5.74) is -3.73. The van der Waals surface area contributed by atoms with Crippen molar-refractivity contribution in [3.63, 3.8) is 0 Å². The average molecular weight is 312 g/mol. The first-order chi connectivity index (χ1) is 10.9. The standard InChI is InChI=1S/C18H16O5/c19-14-11-17(22,12-7-3-1-4-8-12)18(23,15(14)16(20)21)13-9-5-2-6-10-13/h1-10,15,22-23H,11H2,(H,20,21). The predicted octanol–water partition coefficient (Wildman–Crippen LogP) is 1.44. The molecular formula is C18H16O5. The fourth-order valence-electron chi connectivity index (χ4n) is 3.41. The van der Waals surface area contributed by atoms with Gasteiger partial charge in [0.2, 0.25) is 0 Å². The van der Waals surface area contributed by atoms with E-state index in [0.29, 0.717) is 5.56 Å². The van der Waals surface area contributed by atoms with Crippen LogP contribution in [-0.2, 0) is 20.8 Å². The first-order valence-electron chi connectivity index (χ1n) is 7.22. The number of carbonyl (C=O) groups is 2. The van der Waals surface area contributed by atoms with Gasteiger partial charge in [0.05, 0.1) is 0 Å². The minimum atomic E-state index is -2.24. The Hall–Kier alpha value is -2.50. The summed E-state index contributed by atoms with van der Waals surface area (Å²) < 4.78 is 0. The van der Waals surface area contributed by atoms with Gasteiger partial charge in [0.15, 0.2) is 11.7 Å². The number of benzene rings is 2. The van der Waals surface area contributed by atoms with Crippen molar-refractivity contribution in [2.24, 2.45) is 5.92 Å². The fourth-order valence-corrected chi connectivity index (χ4v) is 3.41. The summed E-state index contributed by atoms with van der Waals surface area (Å²) in [6.07, 6.45) is -0.459. The maximum absolute atomic E-state index is 12.3. The molecule has 118 valence electrons. The van der Waals surface area contributed by atoms with Crippen LogP contribution in [0.2, 0.25) is 0 Å². The van der Waals surface area contributed by atoms with Crippen LogP contribution in [-0.4, -0.2) is 27.1 Å². The molecule has 3 atom stereocenters. The van der Waals surface area contributed by atoms with Gasteiger partial charge in [-0.25, -0.2) is 0 Å². The summed E-state index contributed by atoms with van der Waals surface area (Å²) in [6.45, 7) is 0. The lowest BCUT2D eigenvalue weighted by Gasteiger charge is -2.40. The number of aliphatic hydroxyl groups is 2. The molecule has 0 radical (unpaired) electrons. The molecule has 0 bridgehead atoms. The molecule has 3 rings (SSSR count). The highest BCUT2D eigenvalue weighted by Crippen LogP contribution is 2.54. The molecule has 1 aliphatic rings. The highest BCUT2D eigenvalue weighted by atomic mass is 16.4. The zero-order chi connectivity index (χ0) is 16.7. The smallest absolute Gasteiger partial charge is 0.317 e. The summed E-state index contributed by atoms with van der Waals surface area (Å²) in [6, 6.07) is 16.2. The van der Waals surface area contributed by atoms with E-state index in [4.69, 9.17) is 0 Å². The van der Waals surface area contributed by atoms with Crippen LogP contribution >= 0.6 is 0 Å². The molecule has 0 aromatic heterocycles. The van der Waals surface area contributed by atoms with Gasteiger partial charge in [0.25, 0.3) is 0 Å². The first-order valence-corrected chi connectivity index (χ1v) is 7.22. The molecule has 0 aliphatic heterocycles. The van der Waals surface area contributed by atoms with Crippen LogP contribution in [0.5, 0.6) is 0 Å². The van der Waals surface area contributed by atoms with Crippen LogP contribution in [0.25, 0.3) is 0 Å². The zero-order valence-corrected chi connectivity index (χ0v) is 12.2. The molecule has 1 fully saturated rings. The molecule has 0 heterocycles. The van der Waals surface area contributed by atoms with Gasteiger partial charge in [-0.15, -0.1) is 0 Å². The summed E-state index contributed by atoms with van der Waals surface area (Å²) in [5.74, 6) is -3.88. The Bertz CT molecular complexity index is 743. The average Bonchev–Trinajstić information content (AvgIpc) is 2.77. The van der Waals surface area contributed by atoms with E-state index in [0.717, 1.165) is 0 Å². The number of rotatable bonds is 3. The molecule has 1 saturated carbocycles. The molecule has 3 N–H and O–H groups in total. The van der Waals surface area contributed by atoms with E-state index in [1.165, 1.54) is 12.1 Å². The summed E-state index contributed by atoms with van der Waals surface area (Å²) in [5, 5.41) is 31.9. The number of ketones is 1. The van der Waals surface area contributed by atoms with Gasteiger partial charge in [-0.3, -0.25) is 9.59 Å². The van der Waals surface area contributed by atoms with E-state index < -0.39 is 35.3 Å². The fraction of sp³-hybridized carbons (Fsp3) is 0.222. The van der Waals surface area contributed by atoms with Crippen LogP contribution in [0.15, 0.2) is 60.7 Å². The van der Waals surface area contributed by atoms with Gasteiger partial charge in [-0.05, 0) is 11.1 Å². The number of Topliss-reactive ketones (excluding diaryl/α,β-unsaturated/α-hetero) is 1. The Kier molecular flexibility index (Phi) is 3.55. The van der Waals surface area contributed by atoms with Crippen molar-refractivity contribution in [3.05, 3.63) is 71.8 Å². The minimum Gasteiger partial charge on any atom is -0.481 e. The molecule has 2 aromatic rings. The highest BCUT2D eigenvalue weighted by Gasteiger charge is 2.67. The highest BCUT2D eigenvalue weighted by molar-refractivity contribution is 6.03. The maximum Gasteiger partial charge on any atom is 0.317 e. The molecule has 0 amide bonds. The van der Waals surface area contributed by atoms with Crippen molar-refractivity contribution in [2.45, 2.75) is 17.6 Å². The van der Waals surface area contributed by atoms with Gasteiger partial charge in [0.1, 0.15) is 11.2 Å². The lowest BCUT2D eigenvalue weighted by Crippen LogP contribution is -2.51. The molecule has 5 nitrogen and oxygen atoms in total. The Morgan fingerprint density at radius 1 is 0.913 bits per heavy atom. The van der Waals surface area contributed by atoms with Gasteiger partial charge < -0.3 is 15.3 Å². The molecule has 0 saturated heterocycles. The number of carbonyl (C=O) groups excluding carboxylic acids is 1. The number of hydrogen-bond donors (Lipinski definition) is 3. The van der Waals surface area contributed by atoms with E-state index in [1.807, 2.05) is 0 Å². The number of hydrogen-bond acceptors (Lipinski definition) is 4. The minimum absolute atomic E-state index is 0.199. The normalized spacial score (nSPS) is 30.3. The monoisotopic (exact) mass is 312 g/mol. The Morgan fingerprint density at radius 3 is 1.87 bits per heavy atom. The molecule has 23 heavy (non-hydrogen) atoms. The Balaban J connectivity index is 2.27. The molecule has 2 aromatic carbocycles. The van der Waals surface area contributed by atoms with Gasteiger partial charge in [-0.1, -0.05) is 60.7 Å². The van der Waals surface area contributed by atoms with Crippen molar-refractivity contribution in [1.82, 2.24) is 0 Å². The van der Waals surface area contributed by atoms with Crippen LogP contribution in [0.3, 0.4) is 0 Å². The van der Waals surface area contributed by atoms with E-state index in [1.54, 1.807) is 48.5 Å². The molecule has 1 aliphatic carbocycles. The zero-order valence-electron chi connectivity index (χ0n) is 12.2. The van der Waals surface area contributed by atoms with Crippen molar-refractivity contribution in [1.29, 1.82) is 0 Å². The third kappa shape index (κ3) is 2.09. The van der Waals surface area contributed by atoms with E-state index in [9.17, 15) is 24.9 Å². The summed E-state index contributed by atoms with van der Waals surface area (Å²) in [4.78, 5) is 23.9. The first kappa shape index (κ1) is 15.4. The number of carboxylic acids is 1. The van der Waals surface area contributed by atoms with Crippen LogP contribution in [0, 0.1) is 5.92 Å². The topological polar surface area (TPSA) is 94.8 Å². The van der Waals surface area contributed by atoms with Crippen LogP contribution in [0.4, 0.5) is 0 Å². The van der Waals surface area contributed by atoms with Crippen molar-refractivity contribution >= 4 is 11.8 Å². The maximum atomic E-state index is 12.3. The van der Waals surface area contributed by atoms with Gasteiger partial charge in [0, 0.05) is 6.42 Å². The lowest BCUT2D eigenvalue weighted by molar-refractivity contribution is -0.181. The van der Waals surface area contributed by atoms with Crippen molar-refractivity contribution in [3.8, 4) is 0 Å². The van der Waals surface area contributed by atoms with E-state index in [-0.39, 0.29) is 5.56 Å². The second-order valence-electron chi connectivity index (χ2n) is 5.77. The molecule has 3 unspecified atom stereocenters. The third-order valence-corrected chi connectivity index (χ3v) is 4.51. The van der Waals surface area contributed by atoms with Crippen LogP contribution in [0.1, 0.15) is 17.5 Å². The lowest BCUT2D eigenvalue weighted by atomic mass is 9.72. The predicted molar refractivity (Wildman–Crippen MR) is 81.4 cm³/mol.